The second-order valence-corrected chi connectivity index (χ2v) is 5.62. The number of pyridine rings is 1. The Morgan fingerprint density at radius 3 is 2.55 bits per heavy atom. The zero-order valence-electron chi connectivity index (χ0n) is 12.6. The fourth-order valence-corrected chi connectivity index (χ4v) is 2.06. The van der Waals surface area contributed by atoms with Crippen molar-refractivity contribution >= 4 is 11.7 Å². The SMILES string of the molecule is CC(C)CNc1cc(Cc2ccc(F)cc2)cnc1C(=O)O. The molecule has 1 heterocycles. The smallest absolute Gasteiger partial charge is 0.356 e. The van der Waals surface area contributed by atoms with Gasteiger partial charge in [-0.05, 0) is 41.7 Å². The van der Waals surface area contributed by atoms with Crippen molar-refractivity contribution in [3.8, 4) is 0 Å². The lowest BCUT2D eigenvalue weighted by atomic mass is 10.1. The van der Waals surface area contributed by atoms with Crippen LogP contribution in [0.5, 0.6) is 0 Å². The number of hydrogen-bond acceptors (Lipinski definition) is 3. The lowest BCUT2D eigenvalue weighted by Crippen LogP contribution is -2.13. The molecule has 4 nitrogen and oxygen atoms in total. The van der Waals surface area contributed by atoms with Gasteiger partial charge in [0, 0.05) is 12.7 Å². The van der Waals surface area contributed by atoms with Crippen LogP contribution in [-0.2, 0) is 6.42 Å². The number of nitrogens with one attached hydrogen (secondary N) is 1. The molecule has 2 N–H and O–H groups in total. The van der Waals surface area contributed by atoms with Crippen molar-refractivity contribution in [2.45, 2.75) is 20.3 Å². The maximum Gasteiger partial charge on any atom is 0.356 e. The highest BCUT2D eigenvalue weighted by Crippen LogP contribution is 2.18. The lowest BCUT2D eigenvalue weighted by molar-refractivity contribution is 0.0691. The van der Waals surface area contributed by atoms with E-state index in [9.17, 15) is 14.3 Å². The highest BCUT2D eigenvalue weighted by molar-refractivity contribution is 5.92. The van der Waals surface area contributed by atoms with Gasteiger partial charge in [0.2, 0.25) is 0 Å². The number of halogens is 1. The molecule has 0 aliphatic rings. The first kappa shape index (κ1) is 15.9. The molecule has 5 heteroatoms. The Bertz CT molecular complexity index is 654. The first-order valence-corrected chi connectivity index (χ1v) is 7.16. The number of nitrogens with zero attached hydrogens (tertiary/aromatic N) is 1. The maximum absolute atomic E-state index is 12.9. The normalized spacial score (nSPS) is 10.7. The summed E-state index contributed by atoms with van der Waals surface area (Å²) in [5.74, 6) is -0.940. The van der Waals surface area contributed by atoms with Gasteiger partial charge < -0.3 is 10.4 Å². The third-order valence-electron chi connectivity index (χ3n) is 3.17. The van der Waals surface area contributed by atoms with E-state index in [2.05, 4.69) is 10.3 Å². The minimum absolute atomic E-state index is 0.0171. The number of anilines is 1. The number of carboxylic acid groups (broad SMARTS) is 1. The van der Waals surface area contributed by atoms with Crippen LogP contribution in [0.3, 0.4) is 0 Å². The second kappa shape index (κ2) is 7.02. The number of aromatic nitrogens is 1. The Labute approximate surface area is 129 Å². The van der Waals surface area contributed by atoms with E-state index >= 15 is 0 Å². The van der Waals surface area contributed by atoms with Crippen LogP contribution >= 0.6 is 0 Å². The predicted octanol–water partition coefficient (Wildman–Crippen LogP) is 3.58. The van der Waals surface area contributed by atoms with Crippen molar-refractivity contribution in [2.24, 2.45) is 5.92 Å². The van der Waals surface area contributed by atoms with E-state index < -0.39 is 5.97 Å². The van der Waals surface area contributed by atoms with Crippen LogP contribution in [-0.4, -0.2) is 22.6 Å². The van der Waals surface area contributed by atoms with Gasteiger partial charge in [-0.15, -0.1) is 0 Å². The van der Waals surface area contributed by atoms with Crippen molar-refractivity contribution in [2.75, 3.05) is 11.9 Å². The summed E-state index contributed by atoms with van der Waals surface area (Å²) in [7, 11) is 0. The number of carbonyl (C=O) groups is 1. The summed E-state index contributed by atoms with van der Waals surface area (Å²) in [6.07, 6.45) is 2.12. The summed E-state index contributed by atoms with van der Waals surface area (Å²) >= 11 is 0. The highest BCUT2D eigenvalue weighted by atomic mass is 19.1. The molecule has 1 aromatic heterocycles. The molecule has 0 unspecified atom stereocenters. The molecular formula is C17H19FN2O2. The Hall–Kier alpha value is -2.43. The van der Waals surface area contributed by atoms with Gasteiger partial charge in [0.15, 0.2) is 5.69 Å². The number of benzene rings is 1. The molecule has 2 aromatic rings. The monoisotopic (exact) mass is 302 g/mol. The third kappa shape index (κ3) is 4.28. The summed E-state index contributed by atoms with van der Waals surface area (Å²) in [6, 6.07) is 8.03. The summed E-state index contributed by atoms with van der Waals surface area (Å²) in [5.41, 5.74) is 2.35. The van der Waals surface area contributed by atoms with Gasteiger partial charge in [0.25, 0.3) is 0 Å². The molecule has 1 aromatic carbocycles. The number of carboxylic acids is 1. The van der Waals surface area contributed by atoms with E-state index in [-0.39, 0.29) is 11.5 Å². The van der Waals surface area contributed by atoms with Crippen LogP contribution < -0.4 is 5.32 Å². The predicted molar refractivity (Wildman–Crippen MR) is 83.7 cm³/mol. The largest absolute Gasteiger partial charge is 0.476 e. The molecule has 0 saturated carbocycles. The fourth-order valence-electron chi connectivity index (χ4n) is 2.06. The summed E-state index contributed by atoms with van der Waals surface area (Å²) < 4.78 is 12.9. The maximum atomic E-state index is 12.9. The van der Waals surface area contributed by atoms with Crippen LogP contribution in [0.1, 0.15) is 35.5 Å². The van der Waals surface area contributed by atoms with Crippen LogP contribution in [0.25, 0.3) is 0 Å². The number of rotatable bonds is 6. The number of hydrogen-bond donors (Lipinski definition) is 2. The second-order valence-electron chi connectivity index (χ2n) is 5.62. The highest BCUT2D eigenvalue weighted by Gasteiger charge is 2.13. The zero-order chi connectivity index (χ0) is 16.1. The van der Waals surface area contributed by atoms with Gasteiger partial charge in [-0.1, -0.05) is 26.0 Å². The molecule has 0 atom stereocenters. The molecular weight excluding hydrogens is 283 g/mol. The van der Waals surface area contributed by atoms with E-state index in [1.165, 1.54) is 12.1 Å². The van der Waals surface area contributed by atoms with E-state index in [4.69, 9.17) is 0 Å². The Balaban J connectivity index is 2.23. The van der Waals surface area contributed by atoms with Gasteiger partial charge >= 0.3 is 5.97 Å². The molecule has 0 saturated heterocycles. The van der Waals surface area contributed by atoms with Crippen molar-refractivity contribution in [1.82, 2.24) is 4.98 Å². The van der Waals surface area contributed by atoms with E-state index in [0.29, 0.717) is 24.6 Å². The van der Waals surface area contributed by atoms with Crippen LogP contribution in [0, 0.1) is 11.7 Å². The van der Waals surface area contributed by atoms with Crippen molar-refractivity contribution in [1.29, 1.82) is 0 Å². The molecule has 0 spiro atoms. The topological polar surface area (TPSA) is 62.2 Å². The van der Waals surface area contributed by atoms with Gasteiger partial charge in [-0.2, -0.15) is 0 Å². The minimum atomic E-state index is -1.06. The summed E-state index contributed by atoms with van der Waals surface area (Å²) in [6.45, 7) is 4.76. The van der Waals surface area contributed by atoms with E-state index in [1.807, 2.05) is 13.8 Å². The van der Waals surface area contributed by atoms with Gasteiger partial charge in [-0.25, -0.2) is 14.2 Å². The van der Waals surface area contributed by atoms with E-state index in [0.717, 1.165) is 11.1 Å². The molecule has 22 heavy (non-hydrogen) atoms. The van der Waals surface area contributed by atoms with Gasteiger partial charge in [0.1, 0.15) is 5.82 Å². The molecule has 0 fully saturated rings. The standard InChI is InChI=1S/C17H19FN2O2/c1-11(2)9-19-15-8-13(10-20-16(15)17(21)22)7-12-3-5-14(18)6-4-12/h3-6,8,10-11,19H,7,9H2,1-2H3,(H,21,22). The zero-order valence-corrected chi connectivity index (χ0v) is 12.6. The molecule has 116 valence electrons. The Kier molecular flexibility index (Phi) is 5.09. The first-order chi connectivity index (χ1) is 10.5. The van der Waals surface area contributed by atoms with Crippen molar-refractivity contribution in [3.05, 3.63) is 59.2 Å². The summed E-state index contributed by atoms with van der Waals surface area (Å²) in [5, 5.41) is 12.3. The average Bonchev–Trinajstić information content (AvgIpc) is 2.47. The quantitative estimate of drug-likeness (QED) is 0.856. The van der Waals surface area contributed by atoms with E-state index in [1.54, 1.807) is 24.4 Å². The third-order valence-corrected chi connectivity index (χ3v) is 3.17. The molecule has 0 radical (unpaired) electrons. The first-order valence-electron chi connectivity index (χ1n) is 7.16. The van der Waals surface area contributed by atoms with Crippen molar-refractivity contribution in [3.63, 3.8) is 0 Å². The van der Waals surface area contributed by atoms with Gasteiger partial charge in [0.05, 0.1) is 5.69 Å². The lowest BCUT2D eigenvalue weighted by Gasteiger charge is -2.12. The molecule has 0 aliphatic carbocycles. The molecule has 0 aliphatic heterocycles. The molecule has 0 amide bonds. The Morgan fingerprint density at radius 2 is 1.95 bits per heavy atom. The minimum Gasteiger partial charge on any atom is -0.476 e. The van der Waals surface area contributed by atoms with Crippen molar-refractivity contribution < 1.29 is 14.3 Å². The van der Waals surface area contributed by atoms with Crippen LogP contribution in [0.4, 0.5) is 10.1 Å². The molecule has 2 rings (SSSR count). The van der Waals surface area contributed by atoms with Gasteiger partial charge in [-0.3, -0.25) is 0 Å². The van der Waals surface area contributed by atoms with Crippen LogP contribution in [0.15, 0.2) is 36.5 Å². The summed E-state index contributed by atoms with van der Waals surface area (Å²) in [4.78, 5) is 15.3. The fraction of sp³-hybridized carbons (Fsp3) is 0.294. The Morgan fingerprint density at radius 1 is 1.27 bits per heavy atom. The van der Waals surface area contributed by atoms with Crippen LogP contribution in [0.2, 0.25) is 0 Å². The number of aromatic carboxylic acids is 1. The molecule has 0 bridgehead atoms. The average molecular weight is 302 g/mol.